The highest BCUT2D eigenvalue weighted by molar-refractivity contribution is 7.09. The fourth-order valence-corrected chi connectivity index (χ4v) is 2.66. The molecular weight excluding hydrogens is 308 g/mol. The lowest BCUT2D eigenvalue weighted by atomic mass is 10.0. The van der Waals surface area contributed by atoms with Gasteiger partial charge in [0.1, 0.15) is 17.4 Å². The van der Waals surface area contributed by atoms with E-state index in [-0.39, 0.29) is 11.4 Å². The smallest absolute Gasteiger partial charge is 0.226 e. The highest BCUT2D eigenvalue weighted by Gasteiger charge is 2.18. The van der Waals surface area contributed by atoms with Gasteiger partial charge in [0.25, 0.3) is 0 Å². The number of thiazole rings is 1. The van der Waals surface area contributed by atoms with Gasteiger partial charge in [-0.25, -0.2) is 4.98 Å². The number of carbonyl (C=O) groups excluding carboxylic acids is 1. The van der Waals surface area contributed by atoms with E-state index in [1.54, 1.807) is 0 Å². The first kappa shape index (κ1) is 17.5. The molecule has 0 aliphatic rings. The molecule has 4 nitrogen and oxygen atoms in total. The number of aromatic nitrogens is 1. The monoisotopic (exact) mass is 332 g/mol. The van der Waals surface area contributed by atoms with Crippen molar-refractivity contribution in [3.8, 4) is 5.75 Å². The minimum atomic E-state index is -0.176. The maximum absolute atomic E-state index is 12.0. The summed E-state index contributed by atoms with van der Waals surface area (Å²) in [4.78, 5) is 16.5. The Morgan fingerprint density at radius 2 is 2.00 bits per heavy atom. The summed E-state index contributed by atoms with van der Waals surface area (Å²) in [5.74, 6) is 0.836. The second-order valence-electron chi connectivity index (χ2n) is 6.30. The van der Waals surface area contributed by atoms with Crippen molar-refractivity contribution < 1.29 is 9.53 Å². The molecule has 0 bridgehead atoms. The van der Waals surface area contributed by atoms with Crippen molar-refractivity contribution in [2.75, 3.05) is 0 Å². The molecule has 0 aliphatic carbocycles. The Kier molecular flexibility index (Phi) is 5.77. The largest absolute Gasteiger partial charge is 0.486 e. The van der Waals surface area contributed by atoms with Crippen LogP contribution in [0.4, 0.5) is 0 Å². The van der Waals surface area contributed by atoms with E-state index in [0.717, 1.165) is 22.9 Å². The van der Waals surface area contributed by atoms with E-state index >= 15 is 0 Å². The van der Waals surface area contributed by atoms with Crippen LogP contribution in [0.15, 0.2) is 29.6 Å². The van der Waals surface area contributed by atoms with Gasteiger partial charge in [0.05, 0.1) is 12.1 Å². The molecule has 124 valence electrons. The van der Waals surface area contributed by atoms with Gasteiger partial charge in [0.2, 0.25) is 5.91 Å². The molecule has 2 aromatic rings. The van der Waals surface area contributed by atoms with Crippen LogP contribution < -0.4 is 10.1 Å². The molecule has 1 aromatic heterocycles. The summed E-state index contributed by atoms with van der Waals surface area (Å²) in [6.45, 7) is 8.57. The lowest BCUT2D eigenvalue weighted by Crippen LogP contribution is -2.43. The summed E-state index contributed by atoms with van der Waals surface area (Å²) >= 11 is 1.52. The van der Waals surface area contributed by atoms with Gasteiger partial charge in [-0.3, -0.25) is 4.79 Å². The summed E-state index contributed by atoms with van der Waals surface area (Å²) in [7, 11) is 0. The molecule has 0 radical (unpaired) electrons. The highest BCUT2D eigenvalue weighted by Crippen LogP contribution is 2.16. The van der Waals surface area contributed by atoms with E-state index in [1.807, 2.05) is 50.4 Å². The lowest BCUT2D eigenvalue weighted by molar-refractivity contribution is -0.122. The number of nitrogens with zero attached hydrogens (tertiary/aromatic N) is 1. The third-order valence-corrected chi connectivity index (χ3v) is 4.56. The summed E-state index contributed by atoms with van der Waals surface area (Å²) in [6, 6.07) is 7.93. The topological polar surface area (TPSA) is 51.2 Å². The van der Waals surface area contributed by atoms with Crippen molar-refractivity contribution >= 4 is 17.2 Å². The minimum absolute atomic E-state index is 0.00755. The number of amides is 1. The van der Waals surface area contributed by atoms with Crippen LogP contribution in [-0.2, 0) is 17.8 Å². The van der Waals surface area contributed by atoms with Crippen LogP contribution in [0.5, 0.6) is 5.75 Å². The number of rotatable bonds is 7. The second kappa shape index (κ2) is 7.59. The van der Waals surface area contributed by atoms with Crippen LogP contribution in [0.1, 0.15) is 43.5 Å². The Balaban J connectivity index is 1.85. The Labute approximate surface area is 141 Å². The zero-order chi connectivity index (χ0) is 16.9. The van der Waals surface area contributed by atoms with Crippen molar-refractivity contribution in [3.63, 3.8) is 0 Å². The molecule has 1 amide bonds. The third kappa shape index (κ3) is 5.67. The first-order chi connectivity index (χ1) is 10.9. The maximum atomic E-state index is 12.0. The number of nitrogens with one attached hydrogen (secondary N) is 1. The SMILES string of the molecule is CCC(C)(C)NC(=O)Cc1csc(COc2ccc(C)cc2)n1. The van der Waals surface area contributed by atoms with E-state index in [1.165, 1.54) is 16.9 Å². The zero-order valence-electron chi connectivity index (χ0n) is 14.2. The molecule has 1 N–H and O–H groups in total. The average Bonchev–Trinajstić information content (AvgIpc) is 2.93. The van der Waals surface area contributed by atoms with Gasteiger partial charge in [-0.1, -0.05) is 24.6 Å². The van der Waals surface area contributed by atoms with Gasteiger partial charge in [-0.15, -0.1) is 11.3 Å². The maximum Gasteiger partial charge on any atom is 0.226 e. The van der Waals surface area contributed by atoms with Crippen molar-refractivity contribution in [3.05, 3.63) is 45.9 Å². The molecule has 0 saturated carbocycles. The third-order valence-electron chi connectivity index (χ3n) is 3.69. The first-order valence-corrected chi connectivity index (χ1v) is 8.69. The minimum Gasteiger partial charge on any atom is -0.486 e. The summed E-state index contributed by atoms with van der Waals surface area (Å²) < 4.78 is 5.71. The number of aryl methyl sites for hydroxylation is 1. The number of ether oxygens (including phenoxy) is 1. The predicted molar refractivity (Wildman–Crippen MR) is 93.8 cm³/mol. The fourth-order valence-electron chi connectivity index (χ4n) is 1.95. The van der Waals surface area contributed by atoms with Crippen LogP contribution >= 0.6 is 11.3 Å². The van der Waals surface area contributed by atoms with E-state index in [9.17, 15) is 4.79 Å². The van der Waals surface area contributed by atoms with Gasteiger partial charge >= 0.3 is 0 Å². The first-order valence-electron chi connectivity index (χ1n) is 7.82. The molecule has 1 aromatic carbocycles. The van der Waals surface area contributed by atoms with Gasteiger partial charge < -0.3 is 10.1 Å². The molecule has 0 fully saturated rings. The van der Waals surface area contributed by atoms with Crippen LogP contribution in [0.2, 0.25) is 0 Å². The Hall–Kier alpha value is -1.88. The molecule has 1 heterocycles. The molecule has 0 atom stereocenters. The quantitative estimate of drug-likeness (QED) is 0.837. The second-order valence-corrected chi connectivity index (χ2v) is 7.24. The van der Waals surface area contributed by atoms with E-state index in [2.05, 4.69) is 17.2 Å². The molecule has 0 aliphatic heterocycles. The van der Waals surface area contributed by atoms with Crippen molar-refractivity contribution in [1.29, 1.82) is 0 Å². The van der Waals surface area contributed by atoms with Crippen LogP contribution in [0.25, 0.3) is 0 Å². The van der Waals surface area contributed by atoms with Crippen LogP contribution in [0.3, 0.4) is 0 Å². The zero-order valence-corrected chi connectivity index (χ0v) is 15.0. The number of hydrogen-bond acceptors (Lipinski definition) is 4. The highest BCUT2D eigenvalue weighted by atomic mass is 32.1. The Bertz CT molecular complexity index is 647. The van der Waals surface area contributed by atoms with Crippen LogP contribution in [-0.4, -0.2) is 16.4 Å². The summed E-state index contributed by atoms with van der Waals surface area (Å²) in [5, 5.41) is 5.82. The lowest BCUT2D eigenvalue weighted by Gasteiger charge is -2.24. The molecule has 2 rings (SSSR count). The number of hydrogen-bond donors (Lipinski definition) is 1. The number of benzene rings is 1. The van der Waals surface area contributed by atoms with Gasteiger partial charge in [0, 0.05) is 10.9 Å². The molecule has 0 unspecified atom stereocenters. The van der Waals surface area contributed by atoms with E-state index < -0.39 is 0 Å². The van der Waals surface area contributed by atoms with Crippen molar-refractivity contribution in [2.24, 2.45) is 0 Å². The summed E-state index contributed by atoms with van der Waals surface area (Å²) in [5.41, 5.74) is 1.82. The number of carbonyl (C=O) groups is 1. The van der Waals surface area contributed by atoms with E-state index in [0.29, 0.717) is 13.0 Å². The molecule has 23 heavy (non-hydrogen) atoms. The fraction of sp³-hybridized carbons (Fsp3) is 0.444. The van der Waals surface area contributed by atoms with Gasteiger partial charge in [0.15, 0.2) is 0 Å². The Morgan fingerprint density at radius 3 is 2.65 bits per heavy atom. The van der Waals surface area contributed by atoms with E-state index in [4.69, 9.17) is 4.74 Å². The van der Waals surface area contributed by atoms with Gasteiger partial charge in [-0.2, -0.15) is 0 Å². The predicted octanol–water partition coefficient (Wildman–Crippen LogP) is 3.88. The van der Waals surface area contributed by atoms with Crippen molar-refractivity contribution in [1.82, 2.24) is 10.3 Å². The molecular formula is C18H24N2O2S. The molecule has 0 saturated heterocycles. The molecule has 5 heteroatoms. The normalized spacial score (nSPS) is 11.3. The van der Waals surface area contributed by atoms with Crippen molar-refractivity contribution in [2.45, 2.75) is 52.7 Å². The van der Waals surface area contributed by atoms with Crippen LogP contribution in [0, 0.1) is 6.92 Å². The summed E-state index contributed by atoms with van der Waals surface area (Å²) in [6.07, 6.45) is 1.20. The standard InChI is InChI=1S/C18H24N2O2S/c1-5-18(3,4)20-16(21)10-14-12-23-17(19-14)11-22-15-8-6-13(2)7-9-15/h6-9,12H,5,10-11H2,1-4H3,(H,20,21). The molecule has 0 spiro atoms. The van der Waals surface area contributed by atoms with Gasteiger partial charge in [-0.05, 0) is 39.3 Å². The Morgan fingerprint density at radius 1 is 1.30 bits per heavy atom. The average molecular weight is 332 g/mol.